The Bertz CT molecular complexity index is 736. The molecule has 1 aromatic carbocycles. The highest BCUT2D eigenvalue weighted by Gasteiger charge is 2.30. The number of piperidine rings is 2. The van der Waals surface area contributed by atoms with Crippen LogP contribution in [0.1, 0.15) is 43.7 Å². The number of likely N-dealkylation sites (N-methyl/N-ethyl adjacent to an activating group) is 1. The van der Waals surface area contributed by atoms with E-state index in [1.54, 1.807) is 19.1 Å². The molecule has 0 saturated carbocycles. The second kappa shape index (κ2) is 13.0. The van der Waals surface area contributed by atoms with Crippen LogP contribution >= 0.6 is 11.9 Å². The summed E-state index contributed by atoms with van der Waals surface area (Å²) in [6.07, 6.45) is 4.97. The van der Waals surface area contributed by atoms with Gasteiger partial charge in [0.1, 0.15) is 12.4 Å². The van der Waals surface area contributed by atoms with E-state index in [-0.39, 0.29) is 12.5 Å². The Labute approximate surface area is 205 Å². The molecule has 2 aliphatic rings. The third-order valence-corrected chi connectivity index (χ3v) is 8.65. The van der Waals surface area contributed by atoms with Gasteiger partial charge in [-0.25, -0.2) is 4.31 Å². The minimum Gasteiger partial charge on any atom is -0.497 e. The fraction of sp³-hybridized carbons (Fsp3) is 0.731. The molecule has 2 saturated heterocycles. The predicted octanol–water partition coefficient (Wildman–Crippen LogP) is 4.24. The van der Waals surface area contributed by atoms with Gasteiger partial charge in [-0.1, -0.05) is 6.92 Å². The summed E-state index contributed by atoms with van der Waals surface area (Å²) in [5.74, 6) is 2.69. The average molecular weight is 478 g/mol. The summed E-state index contributed by atoms with van der Waals surface area (Å²) in [5, 5.41) is 0. The first-order valence-electron chi connectivity index (χ1n) is 12.5. The van der Waals surface area contributed by atoms with Crippen molar-refractivity contribution in [2.45, 2.75) is 51.3 Å². The van der Waals surface area contributed by atoms with Gasteiger partial charge in [0, 0.05) is 24.5 Å². The molecular formula is C26H43N3O3S. The molecule has 2 heterocycles. The van der Waals surface area contributed by atoms with E-state index in [0.717, 1.165) is 50.1 Å². The summed E-state index contributed by atoms with van der Waals surface area (Å²) in [6.45, 7) is 13.4. The first kappa shape index (κ1) is 26.3. The normalized spacial score (nSPS) is 18.8. The molecule has 0 spiro atoms. The lowest BCUT2D eigenvalue weighted by Crippen LogP contribution is -2.44. The Morgan fingerprint density at radius 3 is 2.18 bits per heavy atom. The number of amides is 1. The lowest BCUT2D eigenvalue weighted by atomic mass is 9.79. The fourth-order valence-corrected chi connectivity index (χ4v) is 6.06. The van der Waals surface area contributed by atoms with Gasteiger partial charge in [-0.3, -0.25) is 4.79 Å². The maximum Gasteiger partial charge on any atom is 0.248 e. The zero-order valence-corrected chi connectivity index (χ0v) is 22.1. The number of benzene rings is 1. The number of ether oxygens (including phenoxy) is 2. The number of rotatable bonds is 10. The van der Waals surface area contributed by atoms with E-state index in [1.807, 2.05) is 4.90 Å². The first-order valence-corrected chi connectivity index (χ1v) is 13.3. The number of hydrogen-bond donors (Lipinski definition) is 0. The number of likely N-dealkylation sites (tertiary alicyclic amines) is 2. The van der Waals surface area contributed by atoms with E-state index < -0.39 is 0 Å². The highest BCUT2D eigenvalue weighted by atomic mass is 32.2. The molecule has 2 aliphatic heterocycles. The average Bonchev–Trinajstić information content (AvgIpc) is 2.84. The van der Waals surface area contributed by atoms with Gasteiger partial charge in [-0.15, -0.1) is 0 Å². The van der Waals surface area contributed by atoms with E-state index in [9.17, 15) is 4.79 Å². The number of hydrogen-bond acceptors (Lipinski definition) is 6. The van der Waals surface area contributed by atoms with Crippen LogP contribution in [0, 0.1) is 25.7 Å². The molecule has 0 unspecified atom stereocenters. The smallest absolute Gasteiger partial charge is 0.248 e. The quantitative estimate of drug-likeness (QED) is 0.371. The summed E-state index contributed by atoms with van der Waals surface area (Å²) in [4.78, 5) is 18.4. The topological polar surface area (TPSA) is 45.2 Å². The van der Waals surface area contributed by atoms with Gasteiger partial charge in [-0.2, -0.15) is 0 Å². The van der Waals surface area contributed by atoms with Gasteiger partial charge < -0.3 is 19.3 Å². The maximum atomic E-state index is 12.6. The molecule has 0 aliphatic carbocycles. The second-order valence-corrected chi connectivity index (χ2v) is 10.8. The van der Waals surface area contributed by atoms with Gasteiger partial charge in [0.2, 0.25) is 5.91 Å². The van der Waals surface area contributed by atoms with Crippen molar-refractivity contribution >= 4 is 17.9 Å². The third-order valence-electron chi connectivity index (χ3n) is 7.33. The van der Waals surface area contributed by atoms with Crippen molar-refractivity contribution in [1.82, 2.24) is 14.1 Å². The van der Waals surface area contributed by atoms with E-state index >= 15 is 0 Å². The Morgan fingerprint density at radius 2 is 1.64 bits per heavy atom. The monoisotopic (exact) mass is 477 g/mol. The Morgan fingerprint density at radius 1 is 1.06 bits per heavy atom. The van der Waals surface area contributed by atoms with Crippen molar-refractivity contribution in [3.8, 4) is 5.75 Å². The molecule has 3 rings (SSSR count). The van der Waals surface area contributed by atoms with Crippen molar-refractivity contribution in [3.63, 3.8) is 0 Å². The second-order valence-electron chi connectivity index (χ2n) is 9.58. The molecule has 6 nitrogen and oxygen atoms in total. The van der Waals surface area contributed by atoms with Crippen molar-refractivity contribution in [3.05, 3.63) is 23.3 Å². The highest BCUT2D eigenvalue weighted by molar-refractivity contribution is 7.97. The molecule has 0 radical (unpaired) electrons. The zero-order chi connectivity index (χ0) is 23.8. The summed E-state index contributed by atoms with van der Waals surface area (Å²) in [6, 6.07) is 4.13. The van der Waals surface area contributed by atoms with Crippen molar-refractivity contribution in [2.24, 2.45) is 11.8 Å². The van der Waals surface area contributed by atoms with Crippen molar-refractivity contribution in [2.75, 3.05) is 66.6 Å². The van der Waals surface area contributed by atoms with E-state index in [2.05, 4.69) is 49.2 Å². The van der Waals surface area contributed by atoms with Crippen LogP contribution < -0.4 is 4.74 Å². The number of nitrogens with zero attached hydrogens (tertiary/aromatic N) is 3. The molecule has 0 atom stereocenters. The summed E-state index contributed by atoms with van der Waals surface area (Å²) in [7, 11) is 3.76. The first-order chi connectivity index (χ1) is 15.9. The number of aryl methyl sites for hydroxylation is 2. The van der Waals surface area contributed by atoms with Crippen LogP contribution in [0.15, 0.2) is 17.0 Å². The molecule has 2 fully saturated rings. The Balaban J connectivity index is 1.32. The number of carbonyl (C=O) groups is 1. The van der Waals surface area contributed by atoms with Crippen LogP contribution in [0.3, 0.4) is 0 Å². The molecule has 7 heteroatoms. The largest absolute Gasteiger partial charge is 0.497 e. The van der Waals surface area contributed by atoms with E-state index in [0.29, 0.717) is 6.61 Å². The van der Waals surface area contributed by atoms with Crippen LogP contribution in [-0.2, 0) is 9.53 Å². The van der Waals surface area contributed by atoms with Gasteiger partial charge >= 0.3 is 0 Å². The molecule has 0 bridgehead atoms. The molecule has 0 N–H and O–H groups in total. The van der Waals surface area contributed by atoms with Crippen LogP contribution in [-0.4, -0.2) is 86.7 Å². The van der Waals surface area contributed by atoms with E-state index in [1.165, 1.54) is 48.5 Å². The molecule has 1 amide bonds. The SMILES string of the molecule is CCN1CCC(C2CCN(C(=O)COCCN(C)Sc3c(C)cc(OC)cc3C)CC2)CC1. The highest BCUT2D eigenvalue weighted by Crippen LogP contribution is 2.33. The molecule has 1 aromatic rings. The van der Waals surface area contributed by atoms with Gasteiger partial charge in [0.05, 0.1) is 13.7 Å². The van der Waals surface area contributed by atoms with Crippen molar-refractivity contribution in [1.29, 1.82) is 0 Å². The molecule has 186 valence electrons. The Hall–Kier alpha value is -1.28. The molecule has 0 aromatic heterocycles. The van der Waals surface area contributed by atoms with Gasteiger partial charge in [-0.05, 0) is 113 Å². The standard InChI is InChI=1S/C26H43N3O3S/c1-6-28-11-7-22(8-12-28)23-9-13-29(14-10-23)25(30)19-32-16-15-27(4)33-26-20(2)17-24(31-5)18-21(26)3/h17-18,22-23H,6-16,19H2,1-5H3. The zero-order valence-electron chi connectivity index (χ0n) is 21.3. The molecular weight excluding hydrogens is 434 g/mol. The lowest BCUT2D eigenvalue weighted by Gasteiger charge is -2.40. The summed E-state index contributed by atoms with van der Waals surface area (Å²) in [5.41, 5.74) is 2.42. The minimum atomic E-state index is 0.145. The van der Waals surface area contributed by atoms with Crippen molar-refractivity contribution < 1.29 is 14.3 Å². The molecule has 33 heavy (non-hydrogen) atoms. The summed E-state index contributed by atoms with van der Waals surface area (Å²) >= 11 is 1.72. The number of carbonyl (C=O) groups excluding carboxylic acids is 1. The van der Waals surface area contributed by atoms with Crippen LogP contribution in [0.2, 0.25) is 0 Å². The number of methoxy groups -OCH3 is 1. The summed E-state index contributed by atoms with van der Waals surface area (Å²) < 4.78 is 13.3. The lowest BCUT2D eigenvalue weighted by molar-refractivity contribution is -0.137. The Kier molecular flexibility index (Phi) is 10.4. The third kappa shape index (κ3) is 7.61. The van der Waals surface area contributed by atoms with Gasteiger partial charge in [0.15, 0.2) is 0 Å². The minimum absolute atomic E-state index is 0.145. The van der Waals surface area contributed by atoms with Gasteiger partial charge in [0.25, 0.3) is 0 Å². The fourth-order valence-electron chi connectivity index (χ4n) is 5.18. The van der Waals surface area contributed by atoms with Crippen LogP contribution in [0.4, 0.5) is 0 Å². The maximum absolute atomic E-state index is 12.6. The van der Waals surface area contributed by atoms with E-state index in [4.69, 9.17) is 9.47 Å². The van der Waals surface area contributed by atoms with Crippen LogP contribution in [0.25, 0.3) is 0 Å². The predicted molar refractivity (Wildman–Crippen MR) is 136 cm³/mol. The van der Waals surface area contributed by atoms with Crippen LogP contribution in [0.5, 0.6) is 5.75 Å².